The van der Waals surface area contributed by atoms with E-state index in [1.54, 1.807) is 6.08 Å². The van der Waals surface area contributed by atoms with Gasteiger partial charge in [-0.25, -0.2) is 0 Å². The lowest BCUT2D eigenvalue weighted by atomic mass is 9.93. The number of allylic oxidation sites excluding steroid dienone is 2. The molecule has 0 aliphatic heterocycles. The summed E-state index contributed by atoms with van der Waals surface area (Å²) >= 11 is 0. The molecule has 2 N–H and O–H groups in total. The lowest BCUT2D eigenvalue weighted by molar-refractivity contribution is -0.115. The second-order valence-corrected chi connectivity index (χ2v) is 5.84. The van der Waals surface area contributed by atoms with Crippen molar-refractivity contribution in [3.05, 3.63) is 66.4 Å². The Morgan fingerprint density at radius 3 is 2.05 bits per heavy atom. The van der Waals surface area contributed by atoms with Gasteiger partial charge in [0.25, 0.3) is 0 Å². The van der Waals surface area contributed by atoms with Gasteiger partial charge >= 0.3 is 0 Å². The fourth-order valence-corrected chi connectivity index (χ4v) is 2.70. The topological polar surface area (TPSA) is 41.1 Å². The Bertz CT molecular complexity index is 674. The van der Waals surface area contributed by atoms with E-state index in [9.17, 15) is 4.79 Å². The van der Waals surface area contributed by atoms with Crippen LogP contribution in [-0.2, 0) is 4.79 Å². The number of carbonyl (C=O) groups is 1. The van der Waals surface area contributed by atoms with E-state index in [1.165, 1.54) is 0 Å². The van der Waals surface area contributed by atoms with Gasteiger partial charge < -0.3 is 10.6 Å². The number of hydrogen-bond donors (Lipinski definition) is 2. The highest BCUT2D eigenvalue weighted by Gasteiger charge is 2.16. The Labute approximate surface area is 131 Å². The molecule has 1 aliphatic carbocycles. The van der Waals surface area contributed by atoms with Gasteiger partial charge in [0.2, 0.25) is 0 Å². The average Bonchev–Trinajstić information content (AvgIpc) is 2.49. The van der Waals surface area contributed by atoms with Crippen LogP contribution >= 0.6 is 0 Å². The van der Waals surface area contributed by atoms with Crippen LogP contribution in [0.25, 0.3) is 0 Å². The Kier molecular flexibility index (Phi) is 4.24. The number of carbonyl (C=O) groups excluding carboxylic acids is 1. The largest absolute Gasteiger partial charge is 0.359 e. The van der Waals surface area contributed by atoms with Crippen molar-refractivity contribution in [3.8, 4) is 0 Å². The second kappa shape index (κ2) is 6.48. The summed E-state index contributed by atoms with van der Waals surface area (Å²) < 4.78 is 0. The van der Waals surface area contributed by atoms with Crippen molar-refractivity contribution < 1.29 is 4.79 Å². The van der Waals surface area contributed by atoms with Gasteiger partial charge in [0.05, 0.1) is 0 Å². The minimum atomic E-state index is 0.212. The molecule has 1 atom stereocenters. The van der Waals surface area contributed by atoms with Crippen molar-refractivity contribution in [1.29, 1.82) is 0 Å². The molecule has 3 nitrogen and oxygen atoms in total. The van der Waals surface area contributed by atoms with Gasteiger partial charge in [0.15, 0.2) is 5.78 Å². The molecule has 22 heavy (non-hydrogen) atoms. The molecule has 0 heterocycles. The minimum absolute atomic E-state index is 0.212. The Morgan fingerprint density at radius 1 is 0.818 bits per heavy atom. The molecule has 0 fully saturated rings. The van der Waals surface area contributed by atoms with Crippen molar-refractivity contribution >= 4 is 22.8 Å². The Morgan fingerprint density at radius 2 is 1.41 bits per heavy atom. The van der Waals surface area contributed by atoms with E-state index in [1.807, 2.05) is 54.6 Å². The van der Waals surface area contributed by atoms with Gasteiger partial charge in [-0.15, -0.1) is 0 Å². The quantitative estimate of drug-likeness (QED) is 0.856. The van der Waals surface area contributed by atoms with Crippen LogP contribution in [0.15, 0.2) is 66.4 Å². The lowest BCUT2D eigenvalue weighted by Crippen LogP contribution is -2.15. The zero-order valence-corrected chi connectivity index (χ0v) is 12.7. The highest BCUT2D eigenvalue weighted by atomic mass is 16.1. The van der Waals surface area contributed by atoms with Gasteiger partial charge in [-0.1, -0.05) is 25.1 Å². The molecule has 0 spiro atoms. The highest BCUT2D eigenvalue weighted by Crippen LogP contribution is 2.24. The molecular formula is C19H20N2O. The smallest absolute Gasteiger partial charge is 0.157 e. The van der Waals surface area contributed by atoms with Gasteiger partial charge in [0, 0.05) is 35.3 Å². The summed E-state index contributed by atoms with van der Waals surface area (Å²) in [5.41, 5.74) is 4.12. The van der Waals surface area contributed by atoms with Crippen molar-refractivity contribution in [2.75, 3.05) is 10.6 Å². The maximum absolute atomic E-state index is 11.6. The SMILES string of the molecule is C[C@@H]1CC(=O)C=C(Nc2ccc(Nc3ccccc3)cc2)C1. The molecule has 2 aromatic carbocycles. The number of rotatable bonds is 4. The Hall–Kier alpha value is -2.55. The first-order valence-corrected chi connectivity index (χ1v) is 7.61. The minimum Gasteiger partial charge on any atom is -0.359 e. The lowest BCUT2D eigenvalue weighted by Gasteiger charge is -2.19. The molecule has 3 rings (SSSR count). The molecule has 0 radical (unpaired) electrons. The predicted octanol–water partition coefficient (Wildman–Crippen LogP) is 4.73. The van der Waals surface area contributed by atoms with E-state index in [0.29, 0.717) is 12.3 Å². The van der Waals surface area contributed by atoms with Gasteiger partial charge in [-0.3, -0.25) is 4.79 Å². The van der Waals surface area contributed by atoms with Crippen molar-refractivity contribution in [1.82, 2.24) is 0 Å². The first kappa shape index (κ1) is 14.4. The molecule has 0 saturated carbocycles. The first-order valence-electron chi connectivity index (χ1n) is 7.61. The third kappa shape index (κ3) is 3.76. The summed E-state index contributed by atoms with van der Waals surface area (Å²) in [7, 11) is 0. The van der Waals surface area contributed by atoms with Crippen LogP contribution in [0.5, 0.6) is 0 Å². The van der Waals surface area contributed by atoms with E-state index >= 15 is 0 Å². The standard InChI is InChI=1S/C19H20N2O/c1-14-11-18(13-19(22)12-14)21-17-9-7-16(8-10-17)20-15-5-3-2-4-6-15/h2-10,13-14,20-21H,11-12H2,1H3/t14-/m0/s1. The molecule has 0 amide bonds. The van der Waals surface area contributed by atoms with Gasteiger partial charge in [0.1, 0.15) is 0 Å². The number of anilines is 3. The van der Waals surface area contributed by atoms with Crippen LogP contribution in [0, 0.1) is 5.92 Å². The molecule has 3 heteroatoms. The van der Waals surface area contributed by atoms with Gasteiger partial charge in [-0.05, 0) is 48.7 Å². The van der Waals surface area contributed by atoms with Crippen molar-refractivity contribution in [3.63, 3.8) is 0 Å². The van der Waals surface area contributed by atoms with Crippen LogP contribution in [0.1, 0.15) is 19.8 Å². The van der Waals surface area contributed by atoms with Crippen LogP contribution < -0.4 is 10.6 Å². The molecular weight excluding hydrogens is 272 g/mol. The third-order valence-electron chi connectivity index (χ3n) is 3.71. The number of hydrogen-bond acceptors (Lipinski definition) is 3. The highest BCUT2D eigenvalue weighted by molar-refractivity contribution is 5.92. The van der Waals surface area contributed by atoms with Crippen LogP contribution in [-0.4, -0.2) is 5.78 Å². The zero-order chi connectivity index (χ0) is 15.4. The van der Waals surface area contributed by atoms with Crippen molar-refractivity contribution in [2.45, 2.75) is 19.8 Å². The number of para-hydroxylation sites is 1. The first-order chi connectivity index (χ1) is 10.7. The average molecular weight is 292 g/mol. The van der Waals surface area contributed by atoms with Crippen LogP contribution in [0.3, 0.4) is 0 Å². The number of ketones is 1. The molecule has 2 aromatic rings. The van der Waals surface area contributed by atoms with E-state index < -0.39 is 0 Å². The molecule has 0 saturated heterocycles. The fourth-order valence-electron chi connectivity index (χ4n) is 2.70. The summed E-state index contributed by atoms with van der Waals surface area (Å²) in [5.74, 6) is 0.627. The number of nitrogens with one attached hydrogen (secondary N) is 2. The predicted molar refractivity (Wildman–Crippen MR) is 91.3 cm³/mol. The summed E-state index contributed by atoms with van der Waals surface area (Å²) in [6.45, 7) is 2.11. The second-order valence-electron chi connectivity index (χ2n) is 5.84. The summed E-state index contributed by atoms with van der Waals surface area (Å²) in [5, 5.41) is 6.70. The summed E-state index contributed by atoms with van der Waals surface area (Å²) in [6, 6.07) is 18.2. The molecule has 0 bridgehead atoms. The van der Waals surface area contributed by atoms with Crippen LogP contribution in [0.4, 0.5) is 17.1 Å². The summed E-state index contributed by atoms with van der Waals surface area (Å²) in [4.78, 5) is 11.6. The molecule has 1 aliphatic rings. The van der Waals surface area contributed by atoms with Crippen LogP contribution in [0.2, 0.25) is 0 Å². The van der Waals surface area contributed by atoms with E-state index in [0.717, 1.165) is 29.2 Å². The van der Waals surface area contributed by atoms with E-state index in [-0.39, 0.29) is 5.78 Å². The molecule has 112 valence electrons. The van der Waals surface area contributed by atoms with Gasteiger partial charge in [-0.2, -0.15) is 0 Å². The Balaban J connectivity index is 1.66. The maximum atomic E-state index is 11.6. The monoisotopic (exact) mass is 292 g/mol. The maximum Gasteiger partial charge on any atom is 0.157 e. The zero-order valence-electron chi connectivity index (χ0n) is 12.7. The third-order valence-corrected chi connectivity index (χ3v) is 3.71. The van der Waals surface area contributed by atoms with E-state index in [4.69, 9.17) is 0 Å². The van der Waals surface area contributed by atoms with E-state index in [2.05, 4.69) is 17.6 Å². The molecule has 0 aromatic heterocycles. The van der Waals surface area contributed by atoms with Crippen molar-refractivity contribution in [2.24, 2.45) is 5.92 Å². The summed E-state index contributed by atoms with van der Waals surface area (Å²) in [6.07, 6.45) is 3.32. The fraction of sp³-hybridized carbons (Fsp3) is 0.211. The molecule has 0 unspecified atom stereocenters. The number of benzene rings is 2. The normalized spacial score (nSPS) is 17.8.